The summed E-state index contributed by atoms with van der Waals surface area (Å²) in [5, 5.41) is 7.69. The SMILES string of the molecule is O=C(ONc1ccc(N=NC(=O)c2ccccc2I)cc1)c1ccccc1. The molecule has 0 bridgehead atoms. The number of nitrogens with one attached hydrogen (secondary N) is 1. The Labute approximate surface area is 169 Å². The molecule has 3 aromatic carbocycles. The highest BCUT2D eigenvalue weighted by Gasteiger charge is 2.08. The first-order valence-corrected chi connectivity index (χ1v) is 9.04. The van der Waals surface area contributed by atoms with Gasteiger partial charge in [0.1, 0.15) is 0 Å². The van der Waals surface area contributed by atoms with Crippen LogP contribution < -0.4 is 5.48 Å². The lowest BCUT2D eigenvalue weighted by atomic mass is 10.2. The quantitative estimate of drug-likeness (QED) is 0.307. The average molecular weight is 471 g/mol. The molecule has 7 heteroatoms. The zero-order chi connectivity index (χ0) is 19.1. The van der Waals surface area contributed by atoms with Crippen molar-refractivity contribution in [2.24, 2.45) is 10.2 Å². The maximum absolute atomic E-state index is 12.1. The van der Waals surface area contributed by atoms with E-state index in [0.717, 1.165) is 3.57 Å². The lowest BCUT2D eigenvalue weighted by Crippen LogP contribution is -2.10. The van der Waals surface area contributed by atoms with Crippen LogP contribution in [-0.4, -0.2) is 11.9 Å². The van der Waals surface area contributed by atoms with E-state index in [2.05, 4.69) is 38.3 Å². The van der Waals surface area contributed by atoms with Crippen molar-refractivity contribution in [2.75, 3.05) is 5.48 Å². The van der Waals surface area contributed by atoms with E-state index in [9.17, 15) is 9.59 Å². The molecule has 0 aliphatic rings. The minimum Gasteiger partial charge on any atom is -0.338 e. The third kappa shape index (κ3) is 5.20. The minimum absolute atomic E-state index is 0.404. The van der Waals surface area contributed by atoms with Crippen LogP contribution in [0.1, 0.15) is 20.7 Å². The summed E-state index contributed by atoms with van der Waals surface area (Å²) in [6.45, 7) is 0. The molecule has 27 heavy (non-hydrogen) atoms. The molecule has 0 unspecified atom stereocenters. The molecule has 0 saturated heterocycles. The zero-order valence-electron chi connectivity index (χ0n) is 14.0. The van der Waals surface area contributed by atoms with Gasteiger partial charge in [-0.05, 0) is 71.1 Å². The number of amides is 1. The molecule has 3 aromatic rings. The van der Waals surface area contributed by atoms with Gasteiger partial charge in [0, 0.05) is 3.57 Å². The third-order valence-corrected chi connectivity index (χ3v) is 4.44. The van der Waals surface area contributed by atoms with Crippen molar-refractivity contribution < 1.29 is 14.4 Å². The predicted molar refractivity (Wildman–Crippen MR) is 110 cm³/mol. The fourth-order valence-electron chi connectivity index (χ4n) is 2.13. The summed E-state index contributed by atoms with van der Waals surface area (Å²) in [4.78, 5) is 29.0. The number of anilines is 1. The summed E-state index contributed by atoms with van der Waals surface area (Å²) in [6, 6.07) is 22.5. The molecule has 1 amide bonds. The summed E-state index contributed by atoms with van der Waals surface area (Å²) in [5.74, 6) is -0.888. The number of carbonyl (C=O) groups is 2. The average Bonchev–Trinajstić information content (AvgIpc) is 2.72. The van der Waals surface area contributed by atoms with Gasteiger partial charge in [0.25, 0.3) is 5.91 Å². The van der Waals surface area contributed by atoms with Crippen molar-refractivity contribution in [3.8, 4) is 0 Å². The Balaban J connectivity index is 1.58. The van der Waals surface area contributed by atoms with Gasteiger partial charge in [-0.15, -0.1) is 10.2 Å². The van der Waals surface area contributed by atoms with E-state index < -0.39 is 11.9 Å². The third-order valence-electron chi connectivity index (χ3n) is 3.50. The highest BCUT2D eigenvalue weighted by atomic mass is 127. The Kier molecular flexibility index (Phi) is 6.26. The second-order valence-corrected chi connectivity index (χ2v) is 6.55. The molecule has 0 saturated carbocycles. The molecule has 0 fully saturated rings. The summed E-state index contributed by atoms with van der Waals surface area (Å²) in [7, 11) is 0. The second-order valence-electron chi connectivity index (χ2n) is 5.39. The van der Waals surface area contributed by atoms with Crippen LogP contribution in [0.5, 0.6) is 0 Å². The number of hydrogen-bond acceptors (Lipinski definition) is 5. The normalized spacial score (nSPS) is 10.6. The zero-order valence-corrected chi connectivity index (χ0v) is 16.2. The fourth-order valence-corrected chi connectivity index (χ4v) is 2.74. The van der Waals surface area contributed by atoms with Crippen molar-refractivity contribution in [1.82, 2.24) is 0 Å². The monoisotopic (exact) mass is 471 g/mol. The van der Waals surface area contributed by atoms with Crippen molar-refractivity contribution >= 4 is 45.8 Å². The molecule has 0 spiro atoms. The number of benzene rings is 3. The van der Waals surface area contributed by atoms with E-state index in [0.29, 0.717) is 22.5 Å². The van der Waals surface area contributed by atoms with Crippen LogP contribution in [-0.2, 0) is 4.84 Å². The van der Waals surface area contributed by atoms with E-state index in [-0.39, 0.29) is 0 Å². The van der Waals surface area contributed by atoms with Gasteiger partial charge >= 0.3 is 5.97 Å². The van der Waals surface area contributed by atoms with Crippen LogP contribution in [0.25, 0.3) is 0 Å². The second kappa shape index (κ2) is 9.04. The van der Waals surface area contributed by atoms with Crippen molar-refractivity contribution in [1.29, 1.82) is 0 Å². The predicted octanol–water partition coefficient (Wildman–Crippen LogP) is 5.40. The van der Waals surface area contributed by atoms with Crippen LogP contribution in [0.3, 0.4) is 0 Å². The molecule has 0 atom stereocenters. The first-order valence-electron chi connectivity index (χ1n) is 7.96. The van der Waals surface area contributed by atoms with Crippen molar-refractivity contribution in [3.63, 3.8) is 0 Å². The number of carbonyl (C=O) groups excluding carboxylic acids is 2. The first kappa shape index (κ1) is 18.7. The topological polar surface area (TPSA) is 80.1 Å². The molecule has 0 radical (unpaired) electrons. The van der Waals surface area contributed by atoms with Crippen molar-refractivity contribution in [3.05, 3.63) is 93.6 Å². The van der Waals surface area contributed by atoms with Gasteiger partial charge in [-0.3, -0.25) is 4.79 Å². The summed E-state index contributed by atoms with van der Waals surface area (Å²) in [5.41, 5.74) is 4.61. The number of rotatable bonds is 5. The summed E-state index contributed by atoms with van der Waals surface area (Å²) in [6.07, 6.45) is 0. The Morgan fingerprint density at radius 3 is 2.22 bits per heavy atom. The molecule has 1 N–H and O–H groups in total. The molecular weight excluding hydrogens is 457 g/mol. The smallest absolute Gasteiger partial charge is 0.338 e. The van der Waals surface area contributed by atoms with E-state index in [1.54, 1.807) is 60.7 Å². The van der Waals surface area contributed by atoms with Gasteiger partial charge in [-0.1, -0.05) is 30.3 Å². The van der Waals surface area contributed by atoms with E-state index >= 15 is 0 Å². The van der Waals surface area contributed by atoms with Crippen LogP contribution in [0, 0.1) is 3.57 Å². The molecule has 134 valence electrons. The van der Waals surface area contributed by atoms with E-state index in [1.165, 1.54) is 0 Å². The van der Waals surface area contributed by atoms with Crippen molar-refractivity contribution in [2.45, 2.75) is 0 Å². The Morgan fingerprint density at radius 1 is 0.852 bits per heavy atom. The number of halogens is 1. The van der Waals surface area contributed by atoms with Crippen LogP contribution in [0.2, 0.25) is 0 Å². The molecule has 0 heterocycles. The van der Waals surface area contributed by atoms with Gasteiger partial charge in [-0.25, -0.2) is 10.3 Å². The van der Waals surface area contributed by atoms with Crippen LogP contribution in [0.4, 0.5) is 11.4 Å². The maximum atomic E-state index is 12.1. The number of hydrogen-bond donors (Lipinski definition) is 1. The molecule has 0 aromatic heterocycles. The first-order chi connectivity index (χ1) is 13.1. The van der Waals surface area contributed by atoms with E-state index in [1.807, 2.05) is 18.2 Å². The Hall–Kier alpha value is -3.07. The van der Waals surface area contributed by atoms with Gasteiger partial charge in [0.05, 0.1) is 22.5 Å². The van der Waals surface area contributed by atoms with Gasteiger partial charge in [0.15, 0.2) is 0 Å². The molecule has 3 rings (SSSR count). The lowest BCUT2D eigenvalue weighted by molar-refractivity contribution is 0.0596. The highest BCUT2D eigenvalue weighted by Crippen LogP contribution is 2.19. The van der Waals surface area contributed by atoms with Crippen LogP contribution >= 0.6 is 22.6 Å². The Morgan fingerprint density at radius 2 is 1.52 bits per heavy atom. The standard InChI is InChI=1S/C20H14IN3O3/c21-18-9-5-4-8-17(18)19(25)23-22-15-10-12-16(13-11-15)24-27-20(26)14-6-2-1-3-7-14/h1-13,24H. The lowest BCUT2D eigenvalue weighted by Gasteiger charge is -2.06. The molecular formula is C20H14IN3O3. The van der Waals surface area contributed by atoms with Gasteiger partial charge < -0.3 is 4.84 Å². The highest BCUT2D eigenvalue weighted by molar-refractivity contribution is 14.1. The van der Waals surface area contributed by atoms with Crippen LogP contribution in [0.15, 0.2) is 89.1 Å². The number of nitrogens with zero attached hydrogens (tertiary/aromatic N) is 2. The number of azo groups is 1. The van der Waals surface area contributed by atoms with Gasteiger partial charge in [-0.2, -0.15) is 0 Å². The Bertz CT molecular complexity index is 973. The molecule has 6 nitrogen and oxygen atoms in total. The van der Waals surface area contributed by atoms with E-state index in [4.69, 9.17) is 4.84 Å². The summed E-state index contributed by atoms with van der Waals surface area (Å²) < 4.78 is 0.818. The summed E-state index contributed by atoms with van der Waals surface area (Å²) >= 11 is 2.08. The fraction of sp³-hybridized carbons (Fsp3) is 0. The van der Waals surface area contributed by atoms with Gasteiger partial charge in [0.2, 0.25) is 0 Å². The minimum atomic E-state index is -0.484. The molecule has 0 aliphatic heterocycles. The largest absolute Gasteiger partial charge is 0.362 e. The maximum Gasteiger partial charge on any atom is 0.362 e. The molecule has 0 aliphatic carbocycles.